The lowest BCUT2D eigenvalue weighted by molar-refractivity contribution is -0.122. The van der Waals surface area contributed by atoms with Crippen molar-refractivity contribution in [3.05, 3.63) is 102 Å². The average molecular weight is 437 g/mol. The topological polar surface area (TPSA) is 66.5 Å². The minimum Gasteiger partial charge on any atom is -0.343 e. The molecule has 0 aliphatic carbocycles. The van der Waals surface area contributed by atoms with Gasteiger partial charge in [0.05, 0.1) is 18.0 Å². The molecule has 0 aliphatic rings. The summed E-state index contributed by atoms with van der Waals surface area (Å²) in [6.45, 7) is 3.64. The zero-order valence-corrected chi connectivity index (χ0v) is 18.8. The van der Waals surface area contributed by atoms with Crippen LogP contribution in [-0.4, -0.2) is 26.6 Å². The molecule has 0 fully saturated rings. The van der Waals surface area contributed by atoms with Crippen molar-refractivity contribution in [2.75, 3.05) is 10.6 Å². The molecular formula is C25H28N2O3S. The smallest absolute Gasteiger partial charge is 0.244 e. The summed E-state index contributed by atoms with van der Waals surface area (Å²) in [5.41, 5.74) is 3.42. The van der Waals surface area contributed by atoms with Gasteiger partial charge < -0.3 is 5.32 Å². The van der Waals surface area contributed by atoms with Crippen LogP contribution in [0.25, 0.3) is 0 Å². The molecule has 0 unspecified atom stereocenters. The second kappa shape index (κ2) is 9.79. The molecule has 6 heteroatoms. The van der Waals surface area contributed by atoms with E-state index in [9.17, 15) is 13.2 Å². The first-order chi connectivity index (χ1) is 14.8. The van der Waals surface area contributed by atoms with Crippen molar-refractivity contribution in [3.63, 3.8) is 0 Å². The van der Waals surface area contributed by atoms with Crippen molar-refractivity contribution in [2.45, 2.75) is 32.4 Å². The van der Waals surface area contributed by atoms with Gasteiger partial charge in [0.1, 0.15) is 6.04 Å². The van der Waals surface area contributed by atoms with Gasteiger partial charge in [0.15, 0.2) is 0 Å². The van der Waals surface area contributed by atoms with Gasteiger partial charge in [0.2, 0.25) is 15.9 Å². The molecule has 1 N–H and O–H groups in total. The third-order valence-corrected chi connectivity index (χ3v) is 6.48. The number of nitrogens with zero attached hydrogens (tertiary/aromatic N) is 1. The van der Waals surface area contributed by atoms with Crippen LogP contribution in [0, 0.1) is 0 Å². The molecule has 3 aromatic carbocycles. The standard InChI is InChI=1S/C25H28N2O3S/c1-4-20-15-17-23(18-16-20)27(31(3,29)30)19(2)25(28)26-24(21-11-7-5-8-12-21)22-13-9-6-10-14-22/h5-19,24H,4H2,1-3H3,(H,26,28)/t19-/m0/s1. The first-order valence-electron chi connectivity index (χ1n) is 10.3. The van der Waals surface area contributed by atoms with Gasteiger partial charge in [-0.1, -0.05) is 79.7 Å². The van der Waals surface area contributed by atoms with E-state index in [4.69, 9.17) is 0 Å². The molecule has 0 heterocycles. The number of nitrogens with one attached hydrogen (secondary N) is 1. The van der Waals surface area contributed by atoms with Crippen LogP contribution in [0.1, 0.15) is 36.6 Å². The van der Waals surface area contributed by atoms with E-state index in [2.05, 4.69) is 5.32 Å². The minimum atomic E-state index is -3.67. The van der Waals surface area contributed by atoms with Gasteiger partial charge in [-0.3, -0.25) is 9.10 Å². The number of hydrogen-bond acceptors (Lipinski definition) is 3. The molecule has 0 spiro atoms. The van der Waals surface area contributed by atoms with Crippen LogP contribution in [0.5, 0.6) is 0 Å². The molecule has 0 bridgehead atoms. The highest BCUT2D eigenvalue weighted by atomic mass is 32.2. The average Bonchev–Trinajstić information content (AvgIpc) is 2.78. The van der Waals surface area contributed by atoms with E-state index in [0.29, 0.717) is 5.69 Å². The summed E-state index contributed by atoms with van der Waals surface area (Å²) in [5.74, 6) is -0.373. The van der Waals surface area contributed by atoms with E-state index in [1.165, 1.54) is 4.31 Å². The molecule has 3 rings (SSSR count). The fourth-order valence-corrected chi connectivity index (χ4v) is 4.78. The van der Waals surface area contributed by atoms with Gasteiger partial charge in [0, 0.05) is 0 Å². The lowest BCUT2D eigenvalue weighted by atomic mass is 9.98. The Hall–Kier alpha value is -3.12. The van der Waals surface area contributed by atoms with Crippen molar-refractivity contribution in [1.82, 2.24) is 5.32 Å². The Kier molecular flexibility index (Phi) is 7.13. The molecule has 31 heavy (non-hydrogen) atoms. The highest BCUT2D eigenvalue weighted by molar-refractivity contribution is 7.92. The number of benzene rings is 3. The summed E-state index contributed by atoms with van der Waals surface area (Å²) in [6.07, 6.45) is 1.97. The lowest BCUT2D eigenvalue weighted by Crippen LogP contribution is -2.48. The van der Waals surface area contributed by atoms with Crippen LogP contribution in [-0.2, 0) is 21.2 Å². The van der Waals surface area contributed by atoms with E-state index in [-0.39, 0.29) is 11.9 Å². The fourth-order valence-electron chi connectivity index (χ4n) is 3.60. The van der Waals surface area contributed by atoms with E-state index >= 15 is 0 Å². The Bertz CT molecular complexity index is 1060. The molecule has 0 radical (unpaired) electrons. The van der Waals surface area contributed by atoms with Gasteiger partial charge in [0.25, 0.3) is 0 Å². The summed E-state index contributed by atoms with van der Waals surface area (Å²) in [7, 11) is -3.67. The van der Waals surface area contributed by atoms with Crippen molar-refractivity contribution in [1.29, 1.82) is 0 Å². The van der Waals surface area contributed by atoms with Gasteiger partial charge in [-0.15, -0.1) is 0 Å². The minimum absolute atomic E-state index is 0.373. The van der Waals surface area contributed by atoms with Crippen LogP contribution < -0.4 is 9.62 Å². The van der Waals surface area contributed by atoms with Crippen LogP contribution in [0.3, 0.4) is 0 Å². The Morgan fingerprint density at radius 2 is 1.35 bits per heavy atom. The van der Waals surface area contributed by atoms with Crippen LogP contribution >= 0.6 is 0 Å². The number of carbonyl (C=O) groups is 1. The molecule has 0 saturated heterocycles. The van der Waals surface area contributed by atoms with Gasteiger partial charge in [-0.2, -0.15) is 0 Å². The zero-order valence-electron chi connectivity index (χ0n) is 18.0. The molecule has 3 aromatic rings. The molecule has 5 nitrogen and oxygen atoms in total. The first kappa shape index (κ1) is 22.6. The SMILES string of the molecule is CCc1ccc(N([C@@H](C)C(=O)NC(c2ccccc2)c2ccccc2)S(C)(=O)=O)cc1. The first-order valence-corrected chi connectivity index (χ1v) is 12.1. The second-order valence-corrected chi connectivity index (χ2v) is 9.38. The Balaban J connectivity index is 1.92. The van der Waals surface area contributed by atoms with Crippen molar-refractivity contribution >= 4 is 21.6 Å². The number of carbonyl (C=O) groups excluding carboxylic acids is 1. The third-order valence-electron chi connectivity index (χ3n) is 5.24. The maximum atomic E-state index is 13.3. The van der Waals surface area contributed by atoms with Crippen molar-refractivity contribution < 1.29 is 13.2 Å². The summed E-state index contributed by atoms with van der Waals surface area (Å²) in [4.78, 5) is 13.3. The number of anilines is 1. The molecule has 1 amide bonds. The Morgan fingerprint density at radius 1 is 0.871 bits per heavy atom. The van der Waals surface area contributed by atoms with Gasteiger partial charge in [-0.25, -0.2) is 8.42 Å². The maximum Gasteiger partial charge on any atom is 0.244 e. The monoisotopic (exact) mass is 436 g/mol. The highest BCUT2D eigenvalue weighted by Crippen LogP contribution is 2.25. The van der Waals surface area contributed by atoms with Gasteiger partial charge in [-0.05, 0) is 42.2 Å². The summed E-state index contributed by atoms with van der Waals surface area (Å²) in [6, 6.07) is 25.2. The number of aryl methyl sites for hydroxylation is 1. The predicted octanol–water partition coefficient (Wildman–Crippen LogP) is 4.31. The Morgan fingerprint density at radius 3 is 1.77 bits per heavy atom. The largest absolute Gasteiger partial charge is 0.343 e. The quantitative estimate of drug-likeness (QED) is 0.572. The van der Waals surface area contributed by atoms with E-state index in [0.717, 1.165) is 29.4 Å². The second-order valence-electron chi connectivity index (χ2n) is 7.52. The molecular weight excluding hydrogens is 408 g/mol. The van der Waals surface area contributed by atoms with Crippen molar-refractivity contribution in [3.8, 4) is 0 Å². The fraction of sp³-hybridized carbons (Fsp3) is 0.240. The van der Waals surface area contributed by atoms with Gasteiger partial charge >= 0.3 is 0 Å². The number of hydrogen-bond donors (Lipinski definition) is 1. The third kappa shape index (κ3) is 5.52. The Labute approximate surface area is 184 Å². The molecule has 162 valence electrons. The number of sulfonamides is 1. The number of amides is 1. The lowest BCUT2D eigenvalue weighted by Gasteiger charge is -2.30. The summed E-state index contributed by atoms with van der Waals surface area (Å²) >= 11 is 0. The zero-order chi connectivity index (χ0) is 22.4. The molecule has 0 saturated carbocycles. The van der Waals surface area contributed by atoms with E-state index in [1.807, 2.05) is 79.7 Å². The van der Waals surface area contributed by atoms with Crippen LogP contribution in [0.2, 0.25) is 0 Å². The van der Waals surface area contributed by atoms with Crippen LogP contribution in [0.4, 0.5) is 5.69 Å². The van der Waals surface area contributed by atoms with E-state index in [1.54, 1.807) is 19.1 Å². The molecule has 1 atom stereocenters. The van der Waals surface area contributed by atoms with E-state index < -0.39 is 16.1 Å². The molecule has 0 aromatic heterocycles. The van der Waals surface area contributed by atoms with Crippen LogP contribution in [0.15, 0.2) is 84.9 Å². The summed E-state index contributed by atoms with van der Waals surface area (Å²) in [5, 5.41) is 3.05. The maximum absolute atomic E-state index is 13.3. The normalized spacial score (nSPS) is 12.4. The predicted molar refractivity (Wildman–Crippen MR) is 125 cm³/mol. The number of rotatable bonds is 8. The highest BCUT2D eigenvalue weighted by Gasteiger charge is 2.30. The summed E-state index contributed by atoms with van der Waals surface area (Å²) < 4.78 is 26.4. The molecule has 0 aliphatic heterocycles. The van der Waals surface area contributed by atoms with Crippen molar-refractivity contribution in [2.24, 2.45) is 0 Å².